The molecule has 0 aliphatic heterocycles. The molecule has 1 amide bonds. The van der Waals surface area contributed by atoms with Gasteiger partial charge in [0, 0.05) is 12.8 Å². The minimum atomic E-state index is -0.208. The Morgan fingerprint density at radius 3 is 2.80 bits per heavy atom. The Kier molecular flexibility index (Phi) is 5.55. The number of aromatic nitrogens is 3. The third kappa shape index (κ3) is 4.11. The molecule has 2 heterocycles. The highest BCUT2D eigenvalue weighted by molar-refractivity contribution is 7.98. The van der Waals surface area contributed by atoms with Gasteiger partial charge in [-0.05, 0) is 36.4 Å². The molecule has 0 spiro atoms. The zero-order valence-electron chi connectivity index (χ0n) is 14.4. The zero-order chi connectivity index (χ0) is 17.8. The number of rotatable bonds is 6. The van der Waals surface area contributed by atoms with E-state index in [0.29, 0.717) is 4.88 Å². The standard InChI is InChI=1S/C18H20N4OS2/c1-12-7-4-5-8-14(12)11-25-18-21-20-16(22(18)3)13(2)19-17(23)15-9-6-10-24-15/h4-10,13H,11H2,1-3H3,(H,19,23)/t13-/m1/s1. The van der Waals surface area contributed by atoms with Gasteiger partial charge in [-0.3, -0.25) is 4.79 Å². The van der Waals surface area contributed by atoms with Gasteiger partial charge in [0.15, 0.2) is 11.0 Å². The van der Waals surface area contributed by atoms with E-state index in [0.717, 1.165) is 16.7 Å². The molecule has 2 aromatic heterocycles. The summed E-state index contributed by atoms with van der Waals surface area (Å²) in [6.45, 7) is 4.03. The lowest BCUT2D eigenvalue weighted by Gasteiger charge is -2.13. The summed E-state index contributed by atoms with van der Waals surface area (Å²) in [6.07, 6.45) is 0. The topological polar surface area (TPSA) is 59.8 Å². The molecule has 1 atom stereocenters. The maximum Gasteiger partial charge on any atom is 0.261 e. The first-order valence-corrected chi connectivity index (χ1v) is 9.83. The van der Waals surface area contributed by atoms with E-state index in [9.17, 15) is 4.79 Å². The Hall–Kier alpha value is -2.12. The van der Waals surface area contributed by atoms with Crippen molar-refractivity contribution in [1.29, 1.82) is 0 Å². The summed E-state index contributed by atoms with van der Waals surface area (Å²) in [5.74, 6) is 1.51. The van der Waals surface area contributed by atoms with Crippen LogP contribution in [0.1, 0.15) is 39.6 Å². The second-order valence-electron chi connectivity index (χ2n) is 5.79. The number of hydrogen-bond acceptors (Lipinski definition) is 5. The van der Waals surface area contributed by atoms with Gasteiger partial charge in [-0.25, -0.2) is 0 Å². The van der Waals surface area contributed by atoms with Crippen LogP contribution in [-0.2, 0) is 12.8 Å². The largest absolute Gasteiger partial charge is 0.342 e. The van der Waals surface area contributed by atoms with E-state index in [1.165, 1.54) is 22.5 Å². The molecule has 3 aromatic rings. The first kappa shape index (κ1) is 17.7. The number of benzene rings is 1. The van der Waals surface area contributed by atoms with Crippen molar-refractivity contribution >= 4 is 29.0 Å². The second kappa shape index (κ2) is 7.84. The van der Waals surface area contributed by atoms with Gasteiger partial charge < -0.3 is 9.88 Å². The fourth-order valence-corrected chi connectivity index (χ4v) is 4.10. The first-order valence-electron chi connectivity index (χ1n) is 7.97. The normalized spacial score (nSPS) is 12.1. The number of thiophene rings is 1. The molecule has 0 fully saturated rings. The van der Waals surface area contributed by atoms with Crippen LogP contribution in [0.15, 0.2) is 46.9 Å². The van der Waals surface area contributed by atoms with Crippen molar-refractivity contribution in [3.63, 3.8) is 0 Å². The third-order valence-corrected chi connectivity index (χ3v) is 5.90. The molecule has 25 heavy (non-hydrogen) atoms. The van der Waals surface area contributed by atoms with Crippen LogP contribution in [0.3, 0.4) is 0 Å². The third-order valence-electron chi connectivity index (χ3n) is 3.97. The smallest absolute Gasteiger partial charge is 0.261 e. The molecular formula is C18H20N4OS2. The van der Waals surface area contributed by atoms with Crippen LogP contribution in [-0.4, -0.2) is 20.7 Å². The Balaban J connectivity index is 1.66. The molecule has 130 valence electrons. The molecule has 7 heteroatoms. The highest BCUT2D eigenvalue weighted by Gasteiger charge is 2.18. The van der Waals surface area contributed by atoms with Crippen molar-refractivity contribution in [1.82, 2.24) is 20.1 Å². The molecular weight excluding hydrogens is 352 g/mol. The van der Waals surface area contributed by atoms with Crippen molar-refractivity contribution in [3.8, 4) is 0 Å². The van der Waals surface area contributed by atoms with Crippen molar-refractivity contribution in [2.45, 2.75) is 30.8 Å². The van der Waals surface area contributed by atoms with E-state index in [4.69, 9.17) is 0 Å². The summed E-state index contributed by atoms with van der Waals surface area (Å²) in [5.41, 5.74) is 2.56. The van der Waals surface area contributed by atoms with Gasteiger partial charge in [-0.2, -0.15) is 0 Å². The molecule has 0 saturated heterocycles. The number of carbonyl (C=O) groups excluding carboxylic acids is 1. The first-order chi connectivity index (χ1) is 12.1. The second-order valence-corrected chi connectivity index (χ2v) is 7.68. The average molecular weight is 373 g/mol. The fourth-order valence-electron chi connectivity index (χ4n) is 2.48. The average Bonchev–Trinajstić information content (AvgIpc) is 3.24. The summed E-state index contributed by atoms with van der Waals surface area (Å²) >= 11 is 3.07. The Labute approximate surface area is 155 Å². The van der Waals surface area contributed by atoms with E-state index < -0.39 is 0 Å². The van der Waals surface area contributed by atoms with E-state index >= 15 is 0 Å². The Morgan fingerprint density at radius 2 is 2.08 bits per heavy atom. The summed E-state index contributed by atoms with van der Waals surface area (Å²) in [4.78, 5) is 12.9. The number of hydrogen-bond donors (Lipinski definition) is 1. The molecule has 5 nitrogen and oxygen atoms in total. The van der Waals surface area contributed by atoms with Gasteiger partial charge in [0.1, 0.15) is 0 Å². The highest BCUT2D eigenvalue weighted by Crippen LogP contribution is 2.24. The molecule has 0 aliphatic rings. The molecule has 3 rings (SSSR count). The van der Waals surface area contributed by atoms with E-state index in [2.05, 4.69) is 34.6 Å². The molecule has 1 N–H and O–H groups in total. The van der Waals surface area contributed by atoms with Crippen LogP contribution in [0.5, 0.6) is 0 Å². The fraction of sp³-hybridized carbons (Fsp3) is 0.278. The Bertz CT molecular complexity index is 858. The SMILES string of the molecule is Cc1ccccc1CSc1nnc([C@@H](C)NC(=O)c2cccs2)n1C. The summed E-state index contributed by atoms with van der Waals surface area (Å²) in [6, 6.07) is 11.8. The van der Waals surface area contributed by atoms with Crippen molar-refractivity contribution in [2.75, 3.05) is 0 Å². The van der Waals surface area contributed by atoms with Gasteiger partial charge >= 0.3 is 0 Å². The van der Waals surface area contributed by atoms with Gasteiger partial charge in [-0.1, -0.05) is 42.1 Å². The van der Waals surface area contributed by atoms with Crippen molar-refractivity contribution in [3.05, 3.63) is 63.6 Å². The van der Waals surface area contributed by atoms with Crippen LogP contribution < -0.4 is 5.32 Å². The highest BCUT2D eigenvalue weighted by atomic mass is 32.2. The number of amides is 1. The number of aryl methyl sites for hydroxylation is 1. The van der Waals surface area contributed by atoms with Crippen LogP contribution in [0, 0.1) is 6.92 Å². The van der Waals surface area contributed by atoms with Crippen LogP contribution in [0.25, 0.3) is 0 Å². The molecule has 0 aliphatic carbocycles. The van der Waals surface area contributed by atoms with Gasteiger partial charge in [-0.15, -0.1) is 21.5 Å². The molecule has 0 radical (unpaired) electrons. The van der Waals surface area contributed by atoms with Gasteiger partial charge in [0.25, 0.3) is 5.91 Å². The van der Waals surface area contributed by atoms with Crippen LogP contribution >= 0.6 is 23.1 Å². The monoisotopic (exact) mass is 372 g/mol. The minimum Gasteiger partial charge on any atom is -0.342 e. The lowest BCUT2D eigenvalue weighted by molar-refractivity contribution is 0.0942. The van der Waals surface area contributed by atoms with Gasteiger partial charge in [0.2, 0.25) is 0 Å². The molecule has 0 saturated carbocycles. The van der Waals surface area contributed by atoms with E-state index in [1.54, 1.807) is 11.8 Å². The zero-order valence-corrected chi connectivity index (χ0v) is 16.0. The number of carbonyl (C=O) groups is 1. The lowest BCUT2D eigenvalue weighted by Crippen LogP contribution is -2.27. The quantitative estimate of drug-likeness (QED) is 0.665. The molecule has 0 bridgehead atoms. The molecule has 1 aromatic carbocycles. The summed E-state index contributed by atoms with van der Waals surface area (Å²) in [5, 5.41) is 14.3. The van der Waals surface area contributed by atoms with Crippen molar-refractivity contribution in [2.24, 2.45) is 7.05 Å². The molecule has 0 unspecified atom stereocenters. The number of thioether (sulfide) groups is 1. The van der Waals surface area contributed by atoms with Crippen molar-refractivity contribution < 1.29 is 4.79 Å². The lowest BCUT2D eigenvalue weighted by atomic mass is 10.1. The summed E-state index contributed by atoms with van der Waals surface area (Å²) < 4.78 is 1.95. The predicted octanol–water partition coefficient (Wildman–Crippen LogP) is 3.97. The van der Waals surface area contributed by atoms with Crippen LogP contribution in [0.2, 0.25) is 0 Å². The minimum absolute atomic E-state index is 0.0837. The maximum atomic E-state index is 12.2. The van der Waals surface area contributed by atoms with E-state index in [-0.39, 0.29) is 11.9 Å². The van der Waals surface area contributed by atoms with Gasteiger partial charge in [0.05, 0.1) is 10.9 Å². The summed E-state index contributed by atoms with van der Waals surface area (Å²) in [7, 11) is 1.93. The predicted molar refractivity (Wildman–Crippen MR) is 102 cm³/mol. The van der Waals surface area contributed by atoms with Crippen LogP contribution in [0.4, 0.5) is 0 Å². The Morgan fingerprint density at radius 1 is 1.28 bits per heavy atom. The number of nitrogens with zero attached hydrogens (tertiary/aromatic N) is 3. The number of nitrogens with one attached hydrogen (secondary N) is 1. The van der Waals surface area contributed by atoms with E-state index in [1.807, 2.05) is 48.2 Å². The maximum absolute atomic E-state index is 12.2.